The van der Waals surface area contributed by atoms with Gasteiger partial charge in [0, 0.05) is 17.4 Å². The fraction of sp³-hybridized carbons (Fsp3) is 0.500. The van der Waals surface area contributed by atoms with Gasteiger partial charge in [-0.25, -0.2) is 0 Å². The van der Waals surface area contributed by atoms with E-state index < -0.39 is 0 Å². The average molecular weight is 265 g/mol. The van der Waals surface area contributed by atoms with E-state index in [1.165, 1.54) is 5.75 Å². The van der Waals surface area contributed by atoms with Gasteiger partial charge in [-0.2, -0.15) is 11.8 Å². The Morgan fingerprint density at radius 2 is 2.22 bits per heavy atom. The van der Waals surface area contributed by atoms with Crippen molar-refractivity contribution in [3.8, 4) is 5.75 Å². The van der Waals surface area contributed by atoms with Gasteiger partial charge in [-0.05, 0) is 49.8 Å². The number of amides is 1. The minimum absolute atomic E-state index is 0.145. The van der Waals surface area contributed by atoms with Gasteiger partial charge in [0.15, 0.2) is 0 Å². The van der Waals surface area contributed by atoms with Crippen LogP contribution in [0.4, 0.5) is 5.69 Å². The normalized spacial score (nSPS) is 19.3. The maximum absolute atomic E-state index is 12.0. The third kappa shape index (κ3) is 3.67. The lowest BCUT2D eigenvalue weighted by molar-refractivity contribution is -0.119. The van der Waals surface area contributed by atoms with E-state index in [1.54, 1.807) is 0 Å². The van der Waals surface area contributed by atoms with Crippen molar-refractivity contribution in [2.75, 3.05) is 23.4 Å². The first-order chi connectivity index (χ1) is 8.79. The Balaban J connectivity index is 1.89. The SMILES string of the molecule is CCOc1ccc(NC(=O)C2CCCSC2)cc1. The molecular weight excluding hydrogens is 246 g/mol. The molecule has 0 radical (unpaired) electrons. The van der Waals surface area contributed by atoms with E-state index in [0.29, 0.717) is 6.61 Å². The lowest BCUT2D eigenvalue weighted by Gasteiger charge is -2.20. The number of rotatable bonds is 4. The molecule has 0 bridgehead atoms. The molecule has 0 saturated carbocycles. The van der Waals surface area contributed by atoms with Crippen molar-refractivity contribution < 1.29 is 9.53 Å². The van der Waals surface area contributed by atoms with E-state index in [1.807, 2.05) is 43.0 Å². The Morgan fingerprint density at radius 3 is 2.83 bits per heavy atom. The molecule has 1 saturated heterocycles. The molecule has 4 heteroatoms. The number of hydrogen-bond donors (Lipinski definition) is 1. The molecule has 0 spiro atoms. The number of ether oxygens (including phenoxy) is 1. The van der Waals surface area contributed by atoms with Crippen LogP contribution in [-0.2, 0) is 4.79 Å². The van der Waals surface area contributed by atoms with Gasteiger partial charge < -0.3 is 10.1 Å². The number of hydrogen-bond acceptors (Lipinski definition) is 3. The summed E-state index contributed by atoms with van der Waals surface area (Å²) in [7, 11) is 0. The van der Waals surface area contributed by atoms with E-state index >= 15 is 0 Å². The predicted molar refractivity (Wildman–Crippen MR) is 76.3 cm³/mol. The Bertz CT molecular complexity index is 385. The number of carbonyl (C=O) groups is 1. The molecule has 2 rings (SSSR count). The highest BCUT2D eigenvalue weighted by atomic mass is 32.2. The van der Waals surface area contributed by atoms with Gasteiger partial charge in [-0.3, -0.25) is 4.79 Å². The summed E-state index contributed by atoms with van der Waals surface area (Å²) in [5.41, 5.74) is 0.846. The van der Waals surface area contributed by atoms with Crippen LogP contribution in [0.3, 0.4) is 0 Å². The molecule has 1 heterocycles. The highest BCUT2D eigenvalue weighted by molar-refractivity contribution is 7.99. The van der Waals surface area contributed by atoms with Gasteiger partial charge in [-0.1, -0.05) is 0 Å². The second-order valence-electron chi connectivity index (χ2n) is 4.36. The molecule has 1 aliphatic rings. The lowest BCUT2D eigenvalue weighted by atomic mass is 10.0. The summed E-state index contributed by atoms with van der Waals surface area (Å²) in [6, 6.07) is 7.54. The van der Waals surface area contributed by atoms with Crippen molar-refractivity contribution in [3.05, 3.63) is 24.3 Å². The van der Waals surface area contributed by atoms with Crippen LogP contribution in [0.5, 0.6) is 5.75 Å². The van der Waals surface area contributed by atoms with Crippen molar-refractivity contribution in [1.29, 1.82) is 0 Å². The van der Waals surface area contributed by atoms with Crippen LogP contribution in [0.15, 0.2) is 24.3 Å². The summed E-state index contributed by atoms with van der Waals surface area (Å²) in [6.07, 6.45) is 2.15. The van der Waals surface area contributed by atoms with Gasteiger partial charge in [-0.15, -0.1) is 0 Å². The molecule has 0 aliphatic carbocycles. The molecule has 1 aliphatic heterocycles. The number of nitrogens with one attached hydrogen (secondary N) is 1. The number of benzene rings is 1. The minimum Gasteiger partial charge on any atom is -0.494 e. The molecule has 0 aromatic heterocycles. The molecule has 1 aromatic rings. The molecule has 1 amide bonds. The number of thioether (sulfide) groups is 1. The fourth-order valence-electron chi connectivity index (χ4n) is 1.99. The minimum atomic E-state index is 0.145. The first kappa shape index (κ1) is 13.3. The number of carbonyl (C=O) groups excluding carboxylic acids is 1. The van der Waals surface area contributed by atoms with Gasteiger partial charge in [0.05, 0.1) is 6.61 Å². The zero-order chi connectivity index (χ0) is 12.8. The molecule has 1 aromatic carbocycles. The molecule has 1 N–H and O–H groups in total. The van der Waals surface area contributed by atoms with Crippen LogP contribution < -0.4 is 10.1 Å². The summed E-state index contributed by atoms with van der Waals surface area (Å²) in [5, 5.41) is 2.97. The van der Waals surface area contributed by atoms with Gasteiger partial charge >= 0.3 is 0 Å². The maximum atomic E-state index is 12.0. The van der Waals surface area contributed by atoms with Crippen molar-refractivity contribution in [3.63, 3.8) is 0 Å². The van der Waals surface area contributed by atoms with Crippen LogP contribution in [-0.4, -0.2) is 24.0 Å². The largest absolute Gasteiger partial charge is 0.494 e. The van der Waals surface area contributed by atoms with E-state index in [2.05, 4.69) is 5.32 Å². The topological polar surface area (TPSA) is 38.3 Å². The quantitative estimate of drug-likeness (QED) is 0.908. The summed E-state index contributed by atoms with van der Waals surface area (Å²) in [6.45, 7) is 2.61. The average Bonchev–Trinajstić information content (AvgIpc) is 2.42. The lowest BCUT2D eigenvalue weighted by Crippen LogP contribution is -2.27. The molecule has 1 fully saturated rings. The maximum Gasteiger partial charge on any atom is 0.228 e. The molecule has 98 valence electrons. The Kier molecular flexibility index (Phi) is 4.93. The van der Waals surface area contributed by atoms with Crippen LogP contribution in [0.2, 0.25) is 0 Å². The van der Waals surface area contributed by atoms with Gasteiger partial charge in [0.2, 0.25) is 5.91 Å². The zero-order valence-corrected chi connectivity index (χ0v) is 11.5. The van der Waals surface area contributed by atoms with Crippen molar-refractivity contribution in [1.82, 2.24) is 0 Å². The van der Waals surface area contributed by atoms with E-state index in [-0.39, 0.29) is 11.8 Å². The standard InChI is InChI=1S/C14H19NO2S/c1-2-17-13-7-5-12(6-8-13)15-14(16)11-4-3-9-18-10-11/h5-8,11H,2-4,9-10H2,1H3,(H,15,16). The first-order valence-electron chi connectivity index (χ1n) is 6.41. The molecular formula is C14H19NO2S. The van der Waals surface area contributed by atoms with Crippen LogP contribution >= 0.6 is 11.8 Å². The van der Waals surface area contributed by atoms with Crippen molar-refractivity contribution >= 4 is 23.4 Å². The third-order valence-corrected chi connectivity index (χ3v) is 4.18. The van der Waals surface area contributed by atoms with E-state index in [0.717, 1.165) is 30.0 Å². The summed E-state index contributed by atoms with van der Waals surface area (Å²) in [4.78, 5) is 12.0. The predicted octanol–water partition coefficient (Wildman–Crippen LogP) is 3.17. The van der Waals surface area contributed by atoms with Gasteiger partial charge in [0.1, 0.15) is 5.75 Å². The summed E-state index contributed by atoms with van der Waals surface area (Å²) < 4.78 is 5.37. The third-order valence-electron chi connectivity index (χ3n) is 2.96. The van der Waals surface area contributed by atoms with Crippen molar-refractivity contribution in [2.45, 2.75) is 19.8 Å². The Hall–Kier alpha value is -1.16. The fourth-order valence-corrected chi connectivity index (χ4v) is 3.13. The highest BCUT2D eigenvalue weighted by Gasteiger charge is 2.21. The molecule has 1 unspecified atom stereocenters. The second-order valence-corrected chi connectivity index (χ2v) is 5.51. The Labute approximate surface area is 112 Å². The molecule has 1 atom stereocenters. The van der Waals surface area contributed by atoms with Crippen LogP contribution in [0, 0.1) is 5.92 Å². The smallest absolute Gasteiger partial charge is 0.228 e. The highest BCUT2D eigenvalue weighted by Crippen LogP contribution is 2.24. The van der Waals surface area contributed by atoms with Crippen LogP contribution in [0.25, 0.3) is 0 Å². The monoisotopic (exact) mass is 265 g/mol. The summed E-state index contributed by atoms with van der Waals surface area (Å²) in [5.74, 6) is 3.28. The zero-order valence-electron chi connectivity index (χ0n) is 10.6. The second kappa shape index (κ2) is 6.69. The molecule has 18 heavy (non-hydrogen) atoms. The first-order valence-corrected chi connectivity index (χ1v) is 7.56. The molecule has 3 nitrogen and oxygen atoms in total. The van der Waals surface area contributed by atoms with E-state index in [4.69, 9.17) is 4.74 Å². The van der Waals surface area contributed by atoms with E-state index in [9.17, 15) is 4.79 Å². The summed E-state index contributed by atoms with van der Waals surface area (Å²) >= 11 is 1.87. The van der Waals surface area contributed by atoms with Gasteiger partial charge in [0.25, 0.3) is 0 Å². The number of anilines is 1. The van der Waals surface area contributed by atoms with Crippen LogP contribution in [0.1, 0.15) is 19.8 Å². The Morgan fingerprint density at radius 1 is 1.44 bits per heavy atom. The van der Waals surface area contributed by atoms with Crippen molar-refractivity contribution in [2.24, 2.45) is 5.92 Å².